The number of carboxylic acids is 1. The number of amides is 2. The highest BCUT2D eigenvalue weighted by molar-refractivity contribution is 5.82. The van der Waals surface area contributed by atoms with Gasteiger partial charge >= 0.3 is 41.9 Å². The number of hydrogen-bond acceptors (Lipinski definition) is 13. The number of carboxylic acid groups (broad SMARTS) is 1. The van der Waals surface area contributed by atoms with E-state index in [1.807, 2.05) is 38.0 Å². The van der Waals surface area contributed by atoms with Gasteiger partial charge < -0.3 is 43.7 Å². The van der Waals surface area contributed by atoms with Gasteiger partial charge in [0.05, 0.1) is 32.6 Å². The number of carbonyl (C=O) groups is 7. The molecule has 0 bridgehead atoms. The summed E-state index contributed by atoms with van der Waals surface area (Å²) in [5, 5.41) is 8.14. The number of esters is 4. The van der Waals surface area contributed by atoms with Crippen LogP contribution in [0.2, 0.25) is 0 Å². The second-order valence-corrected chi connectivity index (χ2v) is 26.7. The van der Waals surface area contributed by atoms with E-state index < -0.39 is 43.1 Å². The first-order valence-corrected chi connectivity index (χ1v) is 38.5. The summed E-state index contributed by atoms with van der Waals surface area (Å²) in [6.07, 6.45) is 49.6. The van der Waals surface area contributed by atoms with Crippen LogP contribution in [-0.2, 0) is 52.5 Å². The first-order chi connectivity index (χ1) is 45.7. The lowest BCUT2D eigenvalue weighted by Gasteiger charge is -2.23. The summed E-state index contributed by atoms with van der Waals surface area (Å²) < 4.78 is 60.1. The molecule has 19 heteroatoms. The van der Waals surface area contributed by atoms with Crippen molar-refractivity contribution >= 4 is 41.7 Å². The van der Waals surface area contributed by atoms with Crippen molar-refractivity contribution in [3.63, 3.8) is 0 Å². The van der Waals surface area contributed by atoms with E-state index >= 15 is 0 Å². The zero-order chi connectivity index (χ0) is 71.1. The zero-order valence-electron chi connectivity index (χ0n) is 62.3. The second-order valence-electron chi connectivity index (χ2n) is 26.7. The molecule has 95 heavy (non-hydrogen) atoms. The van der Waals surface area contributed by atoms with Crippen LogP contribution in [0.3, 0.4) is 0 Å². The monoisotopic (exact) mass is 1360 g/mol. The first kappa shape index (κ1) is 95.2. The van der Waals surface area contributed by atoms with Crippen molar-refractivity contribution < 1.29 is 70.8 Å². The summed E-state index contributed by atoms with van der Waals surface area (Å²) in [7, 11) is 7.57. The average molecular weight is 1360 g/mol. The maximum absolute atomic E-state index is 13.0. The van der Waals surface area contributed by atoms with Crippen molar-refractivity contribution in [2.24, 2.45) is 0 Å². The van der Waals surface area contributed by atoms with Gasteiger partial charge in [-0.25, -0.2) is 0 Å². The summed E-state index contributed by atoms with van der Waals surface area (Å²) in [6.45, 7) is 9.73. The molecule has 0 rings (SSSR count). The Morgan fingerprint density at radius 2 is 0.484 bits per heavy atom. The van der Waals surface area contributed by atoms with E-state index in [-0.39, 0.29) is 63.5 Å². The predicted molar refractivity (Wildman–Crippen MR) is 381 cm³/mol. The Morgan fingerprint density at radius 3 is 0.674 bits per heavy atom. The van der Waals surface area contributed by atoms with E-state index in [4.69, 9.17) is 24.1 Å². The number of alkyl halides is 3. The SMILES string of the molecule is CCCCCCCCCCCCCC(=O)OCCN(CCOC(=O)CCCCCCCCCCCCC)C(=O)C(F)(F)F.CCCCCCCCCCCCCC(=O)OCCN(CCOC(=O)CCCCCCCCCCCCC)C(=O)CCN(C)C.CN(C)CCC(=O)O. The molecule has 1 N–H and O–H groups in total. The number of rotatable bonds is 66. The molecule has 0 aromatic carbocycles. The van der Waals surface area contributed by atoms with Gasteiger partial charge in [-0.1, -0.05) is 285 Å². The molecule has 0 aromatic rings. The molecule has 0 radical (unpaired) electrons. The lowest BCUT2D eigenvalue weighted by molar-refractivity contribution is -0.187. The highest BCUT2D eigenvalue weighted by atomic mass is 19.4. The highest BCUT2D eigenvalue weighted by Gasteiger charge is 2.42. The van der Waals surface area contributed by atoms with Gasteiger partial charge in [0.15, 0.2) is 0 Å². The Balaban J connectivity index is -0.00000159. The topological polar surface area (TPSA) is 190 Å². The molecule has 0 spiro atoms. The Hall–Kier alpha value is -4.00. The molecular weight excluding hydrogens is 1220 g/mol. The lowest BCUT2D eigenvalue weighted by atomic mass is 10.1. The van der Waals surface area contributed by atoms with Crippen molar-refractivity contribution in [1.29, 1.82) is 0 Å². The molecule has 0 aromatic heterocycles. The average Bonchev–Trinajstić information content (AvgIpc) is 1.03. The third kappa shape index (κ3) is 75.6. The van der Waals surface area contributed by atoms with E-state index in [9.17, 15) is 46.7 Å². The zero-order valence-corrected chi connectivity index (χ0v) is 62.3. The Labute approximate surface area is 578 Å². The molecule has 0 aliphatic carbocycles. The summed E-state index contributed by atoms with van der Waals surface area (Å²) in [4.78, 5) is 88.9. The van der Waals surface area contributed by atoms with Crippen LogP contribution in [0.25, 0.3) is 0 Å². The van der Waals surface area contributed by atoms with Gasteiger partial charge in [-0.15, -0.1) is 0 Å². The first-order valence-electron chi connectivity index (χ1n) is 38.5. The van der Waals surface area contributed by atoms with Gasteiger partial charge in [-0.05, 0) is 53.9 Å². The van der Waals surface area contributed by atoms with Crippen molar-refractivity contribution in [1.82, 2.24) is 19.6 Å². The number of halogens is 3. The molecule has 0 heterocycles. The van der Waals surface area contributed by atoms with Crippen LogP contribution < -0.4 is 0 Å². The number of unbranched alkanes of at least 4 members (excludes halogenated alkanes) is 40. The predicted octanol–water partition coefficient (Wildman–Crippen LogP) is 19.1. The summed E-state index contributed by atoms with van der Waals surface area (Å²) in [6, 6.07) is 0. The van der Waals surface area contributed by atoms with Crippen LogP contribution in [0.15, 0.2) is 0 Å². The number of aliphatic carboxylic acids is 1. The minimum atomic E-state index is -5.06. The molecule has 0 saturated carbocycles. The normalized spacial score (nSPS) is 11.2. The molecule has 0 saturated heterocycles. The van der Waals surface area contributed by atoms with Gasteiger partial charge in [0, 0.05) is 45.2 Å². The van der Waals surface area contributed by atoms with Crippen molar-refractivity contribution in [3.05, 3.63) is 0 Å². The smallest absolute Gasteiger partial charge is 0.471 e. The molecule has 0 fully saturated rings. The largest absolute Gasteiger partial charge is 0.481 e. The molecule has 0 unspecified atom stereocenters. The third-order valence-corrected chi connectivity index (χ3v) is 16.9. The van der Waals surface area contributed by atoms with E-state index in [0.29, 0.717) is 63.2 Å². The van der Waals surface area contributed by atoms with Crippen LogP contribution in [-0.4, -0.2) is 166 Å². The molecule has 16 nitrogen and oxygen atoms in total. The second kappa shape index (κ2) is 72.7. The maximum atomic E-state index is 13.0. The molecular formula is C76H145F3N4O12. The van der Waals surface area contributed by atoms with Gasteiger partial charge in [0.2, 0.25) is 5.91 Å². The number of carbonyl (C=O) groups excluding carboxylic acids is 6. The third-order valence-electron chi connectivity index (χ3n) is 16.9. The molecule has 562 valence electrons. The molecule has 0 aliphatic heterocycles. The summed E-state index contributed by atoms with van der Waals surface area (Å²) in [5.74, 6) is -4.13. The molecule has 0 aliphatic rings. The lowest BCUT2D eigenvalue weighted by Crippen LogP contribution is -2.44. The van der Waals surface area contributed by atoms with Crippen molar-refractivity contribution in [2.45, 2.75) is 355 Å². The van der Waals surface area contributed by atoms with Crippen LogP contribution in [0.4, 0.5) is 13.2 Å². The van der Waals surface area contributed by atoms with E-state index in [1.165, 1.54) is 205 Å². The number of ether oxygens (including phenoxy) is 4. The minimum absolute atomic E-state index is 0.0125. The fourth-order valence-electron chi connectivity index (χ4n) is 10.8. The van der Waals surface area contributed by atoms with E-state index in [2.05, 4.69) is 27.7 Å². The van der Waals surface area contributed by atoms with E-state index in [0.717, 1.165) is 64.2 Å². The standard InChI is InChI=1S/C37H72N2O5.C34H62F3NO5.C5H11NO2/c1-5-7-9-11-13-15-17-19-21-23-25-27-36(41)43-33-31-39(35(40)29-30-38(3)4)32-34-44-37(42)28-26-24-22-20-18-16-14-12-10-8-6-2;1-3-5-7-9-11-13-15-17-19-21-23-25-31(39)42-29-27-38(33(41)34(35,36)37)28-30-43-32(40)26-24-22-20-18-16-14-12-10-8-6-4-2;1-6(2)4-3-5(7)8/h5-34H2,1-4H3;3-30H2,1-2H3;3-4H2,1-2H3,(H,7,8). The van der Waals surface area contributed by atoms with Crippen molar-refractivity contribution in [3.8, 4) is 0 Å². The van der Waals surface area contributed by atoms with Crippen LogP contribution in [0.5, 0.6) is 0 Å². The summed E-state index contributed by atoms with van der Waals surface area (Å²) >= 11 is 0. The minimum Gasteiger partial charge on any atom is -0.481 e. The Morgan fingerprint density at radius 1 is 0.284 bits per heavy atom. The Bertz CT molecular complexity index is 1690. The number of hydrogen-bond donors (Lipinski definition) is 1. The highest BCUT2D eigenvalue weighted by Crippen LogP contribution is 2.20. The van der Waals surface area contributed by atoms with Gasteiger partial charge in [-0.3, -0.25) is 33.6 Å². The molecule has 0 atom stereocenters. The quantitative estimate of drug-likeness (QED) is 0.0344. The van der Waals surface area contributed by atoms with Gasteiger partial charge in [0.1, 0.15) is 26.4 Å². The van der Waals surface area contributed by atoms with Crippen LogP contribution >= 0.6 is 0 Å². The fourth-order valence-corrected chi connectivity index (χ4v) is 10.8. The van der Waals surface area contributed by atoms with Crippen molar-refractivity contribution in [2.75, 3.05) is 93.9 Å². The maximum Gasteiger partial charge on any atom is 0.471 e. The van der Waals surface area contributed by atoms with E-state index in [1.54, 1.807) is 4.90 Å². The molecule has 2 amide bonds. The Kier molecular flexibility index (Phi) is 72.9. The van der Waals surface area contributed by atoms with Crippen LogP contribution in [0.1, 0.15) is 349 Å². The summed E-state index contributed by atoms with van der Waals surface area (Å²) in [5.41, 5.74) is 0. The van der Waals surface area contributed by atoms with Gasteiger partial charge in [-0.2, -0.15) is 13.2 Å². The fraction of sp³-hybridized carbons (Fsp3) is 0.908. The van der Waals surface area contributed by atoms with Gasteiger partial charge in [0.25, 0.3) is 0 Å². The number of nitrogens with zero attached hydrogens (tertiary/aromatic N) is 4. The van der Waals surface area contributed by atoms with Crippen LogP contribution in [0, 0.1) is 0 Å².